The predicted molar refractivity (Wildman–Crippen MR) is 77.3 cm³/mol. The van der Waals surface area contributed by atoms with E-state index in [1.54, 1.807) is 7.77 Å². The van der Waals surface area contributed by atoms with Gasteiger partial charge in [-0.2, -0.15) is 0 Å². The summed E-state index contributed by atoms with van der Waals surface area (Å²) >= 11 is 1.93. The van der Waals surface area contributed by atoms with E-state index in [2.05, 4.69) is 37.3 Å². The molecule has 16 heavy (non-hydrogen) atoms. The van der Waals surface area contributed by atoms with Crippen molar-refractivity contribution in [2.24, 2.45) is 0 Å². The average molecular weight is 343 g/mol. The third-order valence-corrected chi connectivity index (χ3v) is 8.76. The van der Waals surface area contributed by atoms with Gasteiger partial charge in [0.15, 0.2) is 0 Å². The number of unbranched alkanes of at least 4 members (excludes halogenated alkanes) is 4. The van der Waals surface area contributed by atoms with E-state index in [0.29, 0.717) is 0 Å². The fraction of sp³-hybridized carbons (Fsp3) is 0.714. The predicted octanol–water partition coefficient (Wildman–Crippen LogP) is 4.42. The normalized spacial score (nSPS) is 10.9. The van der Waals surface area contributed by atoms with E-state index < -0.39 is 0 Å². The zero-order valence-electron chi connectivity index (χ0n) is 10.7. The van der Waals surface area contributed by atoms with Crippen molar-refractivity contribution in [3.8, 4) is 0 Å². The van der Waals surface area contributed by atoms with Crippen LogP contribution in [0.15, 0.2) is 12.1 Å². The first-order valence-electron chi connectivity index (χ1n) is 6.69. The molecular weight excluding hydrogens is 319 g/mol. The van der Waals surface area contributed by atoms with E-state index in [4.69, 9.17) is 0 Å². The summed E-state index contributed by atoms with van der Waals surface area (Å²) in [4.78, 5) is 1.64. The Hall–Kier alpha value is 0.499. The van der Waals surface area contributed by atoms with Crippen molar-refractivity contribution in [2.75, 3.05) is 0 Å². The first-order valence-corrected chi connectivity index (χ1v) is 11.0. The van der Waals surface area contributed by atoms with Crippen LogP contribution in [0.2, 0.25) is 4.44 Å². The summed E-state index contributed by atoms with van der Waals surface area (Å²) in [6, 6.07) is 4.81. The average Bonchev–Trinajstić information content (AvgIpc) is 2.73. The van der Waals surface area contributed by atoms with Crippen molar-refractivity contribution >= 4 is 35.4 Å². The third-order valence-electron chi connectivity index (χ3n) is 2.77. The van der Waals surface area contributed by atoms with E-state index >= 15 is 0 Å². The molecule has 0 aliphatic rings. The van der Waals surface area contributed by atoms with Crippen LogP contribution in [0.3, 0.4) is 0 Å². The molecule has 0 aliphatic carbocycles. The molecule has 0 aliphatic heterocycles. The zero-order valence-corrected chi connectivity index (χ0v) is 14.4. The molecule has 1 aromatic heterocycles. The molecule has 90 valence electrons. The topological polar surface area (TPSA) is 0 Å². The fourth-order valence-corrected chi connectivity index (χ4v) is 7.81. The summed E-state index contributed by atoms with van der Waals surface area (Å²) in [6.45, 7) is 4.58. The summed E-state index contributed by atoms with van der Waals surface area (Å²) in [5, 5.41) is 0. The van der Waals surface area contributed by atoms with Gasteiger partial charge in [0.25, 0.3) is 0 Å². The van der Waals surface area contributed by atoms with Crippen LogP contribution in [0.1, 0.15) is 57.2 Å². The molecule has 0 saturated carbocycles. The van der Waals surface area contributed by atoms with Gasteiger partial charge in [-0.05, 0) is 0 Å². The molecule has 0 aromatic carbocycles. The molecule has 1 heterocycles. The van der Waals surface area contributed by atoms with Gasteiger partial charge < -0.3 is 0 Å². The van der Waals surface area contributed by atoms with Gasteiger partial charge in [0.2, 0.25) is 0 Å². The number of thiophene rings is 1. The standard InChI is InChI=1S/C10H15S.C4H9.Sn/c1-2-3-4-5-7-10-8-6-9-11-10;1-3-4-2;/h6,8H,2-5,7H2,1H3;1,3-4H2,2H3;. The minimum absolute atomic E-state index is 0.188. The molecule has 1 rings (SSSR count). The molecule has 0 nitrogen and oxygen atoms in total. The van der Waals surface area contributed by atoms with Crippen LogP contribution >= 0.6 is 11.3 Å². The van der Waals surface area contributed by atoms with Crippen molar-refractivity contribution in [1.82, 2.24) is 0 Å². The van der Waals surface area contributed by atoms with Crippen LogP contribution in [0.4, 0.5) is 0 Å². The van der Waals surface area contributed by atoms with E-state index in [9.17, 15) is 0 Å². The van der Waals surface area contributed by atoms with Crippen LogP contribution in [0.25, 0.3) is 0 Å². The van der Waals surface area contributed by atoms with Gasteiger partial charge in [0.05, 0.1) is 0 Å². The van der Waals surface area contributed by atoms with Gasteiger partial charge >= 0.3 is 116 Å². The minimum atomic E-state index is -0.188. The number of rotatable bonds is 9. The Morgan fingerprint density at radius 1 is 1.00 bits per heavy atom. The van der Waals surface area contributed by atoms with Gasteiger partial charge in [0.1, 0.15) is 0 Å². The summed E-state index contributed by atoms with van der Waals surface area (Å²) in [7, 11) is 0. The van der Waals surface area contributed by atoms with Gasteiger partial charge in [-0.15, -0.1) is 0 Å². The van der Waals surface area contributed by atoms with Crippen LogP contribution in [0, 0.1) is 0 Å². The van der Waals surface area contributed by atoms with E-state index in [1.165, 1.54) is 49.4 Å². The quantitative estimate of drug-likeness (QED) is 0.460. The molecule has 2 radical (unpaired) electrons. The van der Waals surface area contributed by atoms with Gasteiger partial charge in [-0.25, -0.2) is 0 Å². The second-order valence-corrected chi connectivity index (χ2v) is 10.5. The van der Waals surface area contributed by atoms with E-state index in [-0.39, 0.29) is 21.1 Å². The zero-order chi connectivity index (χ0) is 11.6. The number of hydrogen-bond acceptors (Lipinski definition) is 1. The summed E-state index contributed by atoms with van der Waals surface area (Å²) < 4.78 is 3.30. The van der Waals surface area contributed by atoms with E-state index in [1.807, 2.05) is 0 Å². The molecule has 0 atom stereocenters. The summed E-state index contributed by atoms with van der Waals surface area (Å²) in [6.07, 6.45) is 9.73. The Bertz CT molecular complexity index is 267. The van der Waals surface area contributed by atoms with Gasteiger partial charge in [0, 0.05) is 0 Å². The molecule has 0 fully saturated rings. The molecule has 0 saturated heterocycles. The molecule has 0 amide bonds. The molecule has 0 N–H and O–H groups in total. The maximum atomic E-state index is 2.42. The Balaban J connectivity index is 2.17. The van der Waals surface area contributed by atoms with Gasteiger partial charge in [-0.1, -0.05) is 0 Å². The van der Waals surface area contributed by atoms with Crippen molar-refractivity contribution in [2.45, 2.75) is 63.2 Å². The fourth-order valence-electron chi connectivity index (χ4n) is 1.72. The Labute approximate surface area is 115 Å². The molecular formula is C14H24SSn. The number of hydrogen-bond donors (Lipinski definition) is 0. The monoisotopic (exact) mass is 344 g/mol. The second kappa shape index (κ2) is 9.52. The first kappa shape index (κ1) is 14.6. The summed E-state index contributed by atoms with van der Waals surface area (Å²) in [5.74, 6) is 0. The molecule has 1 aromatic rings. The van der Waals surface area contributed by atoms with Gasteiger partial charge in [-0.3, -0.25) is 0 Å². The summed E-state index contributed by atoms with van der Waals surface area (Å²) in [5.41, 5.74) is 0. The molecule has 0 unspecified atom stereocenters. The van der Waals surface area contributed by atoms with Crippen molar-refractivity contribution in [1.29, 1.82) is 0 Å². The molecule has 0 spiro atoms. The van der Waals surface area contributed by atoms with Crippen molar-refractivity contribution < 1.29 is 0 Å². The van der Waals surface area contributed by atoms with Crippen molar-refractivity contribution in [3.05, 3.63) is 17.0 Å². The Morgan fingerprint density at radius 3 is 2.56 bits per heavy atom. The van der Waals surface area contributed by atoms with Crippen LogP contribution in [-0.2, 0) is 6.42 Å². The second-order valence-electron chi connectivity index (χ2n) is 4.36. The van der Waals surface area contributed by atoms with Crippen molar-refractivity contribution in [3.63, 3.8) is 0 Å². The van der Waals surface area contributed by atoms with E-state index in [0.717, 1.165) is 0 Å². The van der Waals surface area contributed by atoms with Crippen LogP contribution in [-0.4, -0.2) is 21.1 Å². The Morgan fingerprint density at radius 2 is 1.81 bits per heavy atom. The first-order chi connectivity index (χ1) is 7.86. The maximum absolute atomic E-state index is 2.42. The molecule has 0 bridgehead atoms. The third kappa shape index (κ3) is 6.29. The SMILES string of the molecule is CCCCCCc1cc[c]([Sn][CH2]CCC)s1. The number of aryl methyl sites for hydroxylation is 1. The van der Waals surface area contributed by atoms with Crippen LogP contribution in [0.5, 0.6) is 0 Å². The Kier molecular flexibility index (Phi) is 8.66. The molecule has 2 heteroatoms. The van der Waals surface area contributed by atoms with Crippen LogP contribution < -0.4 is 2.89 Å².